The number of aliphatic hydroxyl groups excluding tert-OH is 1. The van der Waals surface area contributed by atoms with Crippen LogP contribution in [0.5, 0.6) is 0 Å². The molecule has 5 atom stereocenters. The van der Waals surface area contributed by atoms with E-state index in [0.717, 1.165) is 50.0 Å². The molecule has 2 aliphatic carbocycles. The molecule has 2 bridgehead atoms. The van der Waals surface area contributed by atoms with Crippen molar-refractivity contribution >= 4 is 17.4 Å². The summed E-state index contributed by atoms with van der Waals surface area (Å²) >= 11 is 0. The lowest BCUT2D eigenvalue weighted by atomic mass is 9.85. The van der Waals surface area contributed by atoms with E-state index in [9.17, 15) is 14.3 Å². The summed E-state index contributed by atoms with van der Waals surface area (Å²) in [5.74, 6) is 1.26. The number of carbonyl (C=O) groups excluding carboxylic acids is 1. The van der Waals surface area contributed by atoms with Crippen molar-refractivity contribution in [3.05, 3.63) is 53.9 Å². The van der Waals surface area contributed by atoms with E-state index in [4.69, 9.17) is 4.98 Å². The SMILES string of the molecule is O=C(N[C@@H]1C2CC[C@@H](C2)[C@@H]1CO)c1cnn2ccc(N3CCCC3c3cncc(F)c3)nc12. The molecule has 3 aromatic rings. The lowest BCUT2D eigenvalue weighted by Gasteiger charge is -2.30. The van der Waals surface area contributed by atoms with Crippen LogP contribution < -0.4 is 10.2 Å². The van der Waals surface area contributed by atoms with Crippen molar-refractivity contribution < 1.29 is 14.3 Å². The fourth-order valence-electron chi connectivity index (χ4n) is 6.30. The van der Waals surface area contributed by atoms with Gasteiger partial charge in [0.1, 0.15) is 17.2 Å². The normalized spacial score (nSPS) is 28.7. The Kier molecular flexibility index (Phi) is 5.01. The minimum atomic E-state index is -0.348. The minimum Gasteiger partial charge on any atom is -0.396 e. The maximum absolute atomic E-state index is 13.8. The van der Waals surface area contributed by atoms with Crippen molar-refractivity contribution in [3.8, 4) is 0 Å². The Hall–Kier alpha value is -3.07. The Morgan fingerprint density at radius 2 is 2.09 bits per heavy atom. The molecule has 2 N–H and O–H groups in total. The molecular weight excluding hydrogens is 423 g/mol. The maximum atomic E-state index is 13.8. The second-order valence-corrected chi connectivity index (χ2v) is 9.58. The zero-order valence-electron chi connectivity index (χ0n) is 18.3. The van der Waals surface area contributed by atoms with E-state index in [2.05, 4.69) is 20.3 Å². The van der Waals surface area contributed by atoms with Crippen LogP contribution in [0, 0.1) is 23.6 Å². The molecule has 3 aromatic heterocycles. The Morgan fingerprint density at radius 1 is 1.21 bits per heavy atom. The minimum absolute atomic E-state index is 0.00261. The van der Waals surface area contributed by atoms with E-state index in [0.29, 0.717) is 23.0 Å². The average molecular weight is 451 g/mol. The highest BCUT2D eigenvalue weighted by Gasteiger charge is 2.47. The number of rotatable bonds is 5. The van der Waals surface area contributed by atoms with Crippen LogP contribution in [0.15, 0.2) is 36.9 Å². The van der Waals surface area contributed by atoms with E-state index >= 15 is 0 Å². The lowest BCUT2D eigenvalue weighted by Crippen LogP contribution is -2.45. The van der Waals surface area contributed by atoms with E-state index < -0.39 is 0 Å². The Labute approximate surface area is 190 Å². The predicted octanol–water partition coefficient (Wildman–Crippen LogP) is 2.74. The van der Waals surface area contributed by atoms with Gasteiger partial charge < -0.3 is 15.3 Å². The summed E-state index contributed by atoms with van der Waals surface area (Å²) < 4.78 is 15.4. The maximum Gasteiger partial charge on any atom is 0.257 e. The topological polar surface area (TPSA) is 95.6 Å². The van der Waals surface area contributed by atoms with Gasteiger partial charge in [-0.05, 0) is 61.6 Å². The first kappa shape index (κ1) is 20.5. The third-order valence-electron chi connectivity index (χ3n) is 7.85. The van der Waals surface area contributed by atoms with Crippen molar-refractivity contribution in [3.63, 3.8) is 0 Å². The second kappa shape index (κ2) is 8.06. The first-order valence-corrected chi connectivity index (χ1v) is 11.8. The molecule has 8 nitrogen and oxygen atoms in total. The molecule has 3 fully saturated rings. The molecule has 0 radical (unpaired) electrons. The van der Waals surface area contributed by atoms with Crippen LogP contribution in [0.4, 0.5) is 10.2 Å². The van der Waals surface area contributed by atoms with Crippen molar-refractivity contribution in [1.29, 1.82) is 0 Å². The summed E-state index contributed by atoms with van der Waals surface area (Å²) in [4.78, 5) is 24.2. The number of anilines is 1. The summed E-state index contributed by atoms with van der Waals surface area (Å²) in [6, 6.07) is 3.40. The van der Waals surface area contributed by atoms with Gasteiger partial charge in [0.05, 0.1) is 18.4 Å². The van der Waals surface area contributed by atoms with E-state index in [1.807, 2.05) is 12.3 Å². The zero-order chi connectivity index (χ0) is 22.5. The standard InChI is InChI=1S/C24H27FN6O2/c25-17-9-16(10-26-11-17)20-2-1-6-30(20)21-5-7-31-23(28-21)18(12-27-31)24(33)29-22-15-4-3-14(8-15)19(22)13-32/h5,7,9-12,14-15,19-20,22,32H,1-4,6,8,13H2,(H,29,33)/t14-,15?,19-,20?,22+/m0/s1. The highest BCUT2D eigenvalue weighted by molar-refractivity contribution is 6.00. The van der Waals surface area contributed by atoms with Crippen LogP contribution in [-0.2, 0) is 0 Å². The van der Waals surface area contributed by atoms with Crippen LogP contribution in [0.2, 0.25) is 0 Å². The van der Waals surface area contributed by atoms with Crippen molar-refractivity contribution in [2.45, 2.75) is 44.2 Å². The van der Waals surface area contributed by atoms with Crippen molar-refractivity contribution in [2.24, 2.45) is 17.8 Å². The molecule has 0 aromatic carbocycles. The van der Waals surface area contributed by atoms with Gasteiger partial charge in [-0.3, -0.25) is 9.78 Å². The van der Waals surface area contributed by atoms with Crippen LogP contribution in [0.25, 0.3) is 5.65 Å². The molecule has 1 saturated heterocycles. The zero-order valence-corrected chi connectivity index (χ0v) is 18.3. The summed E-state index contributed by atoms with van der Waals surface area (Å²) in [6.45, 7) is 0.901. The lowest BCUT2D eigenvalue weighted by molar-refractivity contribution is 0.0863. The molecule has 2 saturated carbocycles. The summed E-state index contributed by atoms with van der Waals surface area (Å²) in [5, 5.41) is 17.4. The van der Waals surface area contributed by atoms with Gasteiger partial charge in [-0.25, -0.2) is 13.9 Å². The fraction of sp³-hybridized carbons (Fsp3) is 0.500. The number of aromatic nitrogens is 4. The van der Waals surface area contributed by atoms with Gasteiger partial charge in [-0.2, -0.15) is 5.10 Å². The number of aliphatic hydroxyl groups is 1. The first-order chi connectivity index (χ1) is 16.1. The van der Waals surface area contributed by atoms with Gasteiger partial charge in [0, 0.05) is 37.5 Å². The summed E-state index contributed by atoms with van der Waals surface area (Å²) in [6.07, 6.45) is 11.5. The number of hydrogen-bond donors (Lipinski definition) is 2. The Bertz CT molecular complexity index is 1200. The molecule has 2 unspecified atom stereocenters. The number of carbonyl (C=O) groups is 1. The summed E-state index contributed by atoms with van der Waals surface area (Å²) in [5.41, 5.74) is 1.75. The second-order valence-electron chi connectivity index (χ2n) is 9.58. The molecule has 1 aliphatic heterocycles. The van der Waals surface area contributed by atoms with Gasteiger partial charge in [0.25, 0.3) is 5.91 Å². The summed E-state index contributed by atoms with van der Waals surface area (Å²) in [7, 11) is 0. The Morgan fingerprint density at radius 3 is 2.94 bits per heavy atom. The van der Waals surface area contributed by atoms with Gasteiger partial charge in [0.2, 0.25) is 0 Å². The molecule has 6 rings (SSSR count). The molecule has 33 heavy (non-hydrogen) atoms. The van der Waals surface area contributed by atoms with Crippen molar-refractivity contribution in [2.75, 3.05) is 18.1 Å². The Balaban J connectivity index is 1.28. The monoisotopic (exact) mass is 450 g/mol. The van der Waals surface area contributed by atoms with Crippen LogP contribution in [0.1, 0.15) is 54.1 Å². The van der Waals surface area contributed by atoms with Gasteiger partial charge >= 0.3 is 0 Å². The number of hydrogen-bond acceptors (Lipinski definition) is 6. The van der Waals surface area contributed by atoms with Crippen molar-refractivity contribution in [1.82, 2.24) is 24.9 Å². The number of nitrogens with one attached hydrogen (secondary N) is 1. The van der Waals surface area contributed by atoms with Crippen LogP contribution in [0.3, 0.4) is 0 Å². The third kappa shape index (κ3) is 3.45. The van der Waals surface area contributed by atoms with Gasteiger partial charge in [-0.15, -0.1) is 0 Å². The first-order valence-electron chi connectivity index (χ1n) is 11.8. The van der Waals surface area contributed by atoms with Gasteiger partial charge in [0.15, 0.2) is 5.65 Å². The van der Waals surface area contributed by atoms with Gasteiger partial charge in [-0.1, -0.05) is 0 Å². The largest absolute Gasteiger partial charge is 0.396 e. The highest BCUT2D eigenvalue weighted by atomic mass is 19.1. The number of halogens is 1. The smallest absolute Gasteiger partial charge is 0.257 e. The molecule has 3 aliphatic rings. The number of amides is 1. The average Bonchev–Trinajstić information content (AvgIpc) is 3.61. The van der Waals surface area contributed by atoms with E-state index in [1.165, 1.54) is 12.3 Å². The molecule has 172 valence electrons. The molecular formula is C24H27FN6O2. The predicted molar refractivity (Wildman–Crippen MR) is 119 cm³/mol. The third-order valence-corrected chi connectivity index (χ3v) is 7.85. The molecule has 1 amide bonds. The number of nitrogens with zero attached hydrogens (tertiary/aromatic N) is 5. The van der Waals surface area contributed by atoms with Crippen LogP contribution >= 0.6 is 0 Å². The number of fused-ring (bicyclic) bond motifs is 3. The van der Waals surface area contributed by atoms with E-state index in [1.54, 1.807) is 16.9 Å². The highest BCUT2D eigenvalue weighted by Crippen LogP contribution is 2.48. The fourth-order valence-corrected chi connectivity index (χ4v) is 6.30. The molecule has 9 heteroatoms. The number of pyridine rings is 1. The molecule has 4 heterocycles. The van der Waals surface area contributed by atoms with E-state index in [-0.39, 0.29) is 36.3 Å². The quantitative estimate of drug-likeness (QED) is 0.621. The molecule has 0 spiro atoms. The van der Waals surface area contributed by atoms with Crippen LogP contribution in [-0.4, -0.2) is 49.8 Å².